The lowest BCUT2D eigenvalue weighted by Gasteiger charge is -2.06. The van der Waals surface area contributed by atoms with Crippen molar-refractivity contribution < 1.29 is 33.0 Å². The summed E-state index contributed by atoms with van der Waals surface area (Å²) in [7, 11) is 0. The topological polar surface area (TPSA) is 84.2 Å². The van der Waals surface area contributed by atoms with Crippen molar-refractivity contribution in [1.82, 2.24) is 0 Å². The molecule has 0 bridgehead atoms. The summed E-state index contributed by atoms with van der Waals surface area (Å²) in [6.45, 7) is 6.60. The summed E-state index contributed by atoms with van der Waals surface area (Å²) < 4.78 is 28.2. The zero-order valence-corrected chi connectivity index (χ0v) is 20.1. The SMILES string of the molecule is CCOc1ccc(/C=C2\Oc3cc(OC(=O)c4c(C)oc5ccc(OCC)cc45)ccc3C2=O)cc1. The van der Waals surface area contributed by atoms with Crippen LogP contribution in [0.4, 0.5) is 0 Å². The summed E-state index contributed by atoms with van der Waals surface area (Å²) >= 11 is 0. The Balaban J connectivity index is 1.37. The van der Waals surface area contributed by atoms with Crippen molar-refractivity contribution in [2.24, 2.45) is 0 Å². The normalized spacial score (nSPS) is 13.5. The summed E-state index contributed by atoms with van der Waals surface area (Å²) in [4.78, 5) is 25.9. The van der Waals surface area contributed by atoms with Crippen molar-refractivity contribution in [3.05, 3.63) is 88.9 Å². The predicted molar refractivity (Wildman–Crippen MR) is 134 cm³/mol. The molecule has 0 atom stereocenters. The van der Waals surface area contributed by atoms with E-state index in [-0.39, 0.29) is 17.3 Å². The first-order valence-electron chi connectivity index (χ1n) is 11.7. The minimum absolute atomic E-state index is 0.192. The van der Waals surface area contributed by atoms with Crippen molar-refractivity contribution in [2.45, 2.75) is 20.8 Å². The molecular weight excluding hydrogens is 460 g/mol. The fraction of sp³-hybridized carbons (Fsp3) is 0.172. The number of ether oxygens (including phenoxy) is 4. The second-order valence-electron chi connectivity index (χ2n) is 8.11. The van der Waals surface area contributed by atoms with Gasteiger partial charge >= 0.3 is 5.97 Å². The highest BCUT2D eigenvalue weighted by molar-refractivity contribution is 6.14. The number of furan rings is 1. The van der Waals surface area contributed by atoms with Crippen LogP contribution in [-0.2, 0) is 0 Å². The maximum absolute atomic E-state index is 13.1. The molecule has 1 aliphatic heterocycles. The number of carbonyl (C=O) groups excluding carboxylic acids is 2. The van der Waals surface area contributed by atoms with E-state index in [4.69, 9.17) is 23.4 Å². The van der Waals surface area contributed by atoms with Crippen LogP contribution in [-0.4, -0.2) is 25.0 Å². The van der Waals surface area contributed by atoms with E-state index in [2.05, 4.69) is 0 Å². The average molecular weight is 485 g/mol. The molecule has 0 radical (unpaired) electrons. The van der Waals surface area contributed by atoms with E-state index in [9.17, 15) is 9.59 Å². The Morgan fingerprint density at radius 1 is 0.889 bits per heavy atom. The fourth-order valence-electron chi connectivity index (χ4n) is 4.08. The molecule has 0 aliphatic carbocycles. The Morgan fingerprint density at radius 3 is 2.33 bits per heavy atom. The van der Waals surface area contributed by atoms with Gasteiger partial charge in [-0.05, 0) is 74.9 Å². The quantitative estimate of drug-likeness (QED) is 0.171. The van der Waals surface area contributed by atoms with Gasteiger partial charge < -0.3 is 23.4 Å². The van der Waals surface area contributed by atoms with E-state index < -0.39 is 5.97 Å². The Morgan fingerprint density at radius 2 is 1.58 bits per heavy atom. The van der Waals surface area contributed by atoms with Gasteiger partial charge in [-0.15, -0.1) is 0 Å². The third-order valence-electron chi connectivity index (χ3n) is 5.69. The van der Waals surface area contributed by atoms with Crippen LogP contribution in [0, 0.1) is 6.92 Å². The molecule has 0 saturated carbocycles. The Bertz CT molecular complexity index is 1490. The fourth-order valence-corrected chi connectivity index (χ4v) is 4.08. The van der Waals surface area contributed by atoms with E-state index in [0.717, 1.165) is 11.3 Å². The lowest BCUT2D eigenvalue weighted by Crippen LogP contribution is -2.09. The van der Waals surface area contributed by atoms with Crippen LogP contribution in [0.25, 0.3) is 17.0 Å². The molecule has 0 fully saturated rings. The Labute approximate surface area is 207 Å². The van der Waals surface area contributed by atoms with Gasteiger partial charge in [-0.2, -0.15) is 0 Å². The van der Waals surface area contributed by atoms with Gasteiger partial charge in [-0.1, -0.05) is 12.1 Å². The highest BCUT2D eigenvalue weighted by Crippen LogP contribution is 2.36. The average Bonchev–Trinajstić information content (AvgIpc) is 3.35. The van der Waals surface area contributed by atoms with Crippen LogP contribution in [0.2, 0.25) is 0 Å². The van der Waals surface area contributed by atoms with Gasteiger partial charge in [0.2, 0.25) is 5.78 Å². The zero-order valence-electron chi connectivity index (χ0n) is 20.1. The van der Waals surface area contributed by atoms with Crippen molar-refractivity contribution in [2.75, 3.05) is 13.2 Å². The van der Waals surface area contributed by atoms with Crippen LogP contribution in [0.3, 0.4) is 0 Å². The lowest BCUT2D eigenvalue weighted by molar-refractivity contribution is 0.0734. The van der Waals surface area contributed by atoms with E-state index >= 15 is 0 Å². The molecule has 2 heterocycles. The number of Topliss-reactive ketones (excluding diaryl/α,β-unsaturated/α-hetero) is 1. The maximum Gasteiger partial charge on any atom is 0.347 e. The Hall–Kier alpha value is -4.52. The van der Waals surface area contributed by atoms with Gasteiger partial charge in [-0.3, -0.25) is 4.79 Å². The van der Waals surface area contributed by atoms with Crippen LogP contribution in [0.5, 0.6) is 23.0 Å². The number of hydrogen-bond donors (Lipinski definition) is 0. The molecule has 7 nitrogen and oxygen atoms in total. The van der Waals surface area contributed by atoms with Gasteiger partial charge in [0.15, 0.2) is 5.76 Å². The molecule has 0 spiro atoms. The molecule has 1 aliphatic rings. The summed E-state index contributed by atoms with van der Waals surface area (Å²) in [5, 5.41) is 0.608. The maximum atomic E-state index is 13.1. The minimum Gasteiger partial charge on any atom is -0.494 e. The molecule has 1 aromatic heterocycles. The summed E-state index contributed by atoms with van der Waals surface area (Å²) in [6, 6.07) is 17.4. The number of hydrogen-bond acceptors (Lipinski definition) is 7. The van der Waals surface area contributed by atoms with E-state index in [1.54, 1.807) is 43.3 Å². The van der Waals surface area contributed by atoms with Gasteiger partial charge in [0.25, 0.3) is 0 Å². The number of benzene rings is 3. The molecule has 36 heavy (non-hydrogen) atoms. The third-order valence-corrected chi connectivity index (χ3v) is 5.69. The summed E-state index contributed by atoms with van der Waals surface area (Å²) in [6.07, 6.45) is 1.67. The molecule has 3 aromatic carbocycles. The molecule has 7 heteroatoms. The van der Waals surface area contributed by atoms with Crippen molar-refractivity contribution in [3.8, 4) is 23.0 Å². The Kier molecular flexibility index (Phi) is 6.21. The minimum atomic E-state index is -0.575. The number of aryl methyl sites for hydroxylation is 1. The van der Waals surface area contributed by atoms with Gasteiger partial charge in [0, 0.05) is 11.5 Å². The van der Waals surface area contributed by atoms with Crippen LogP contribution >= 0.6 is 0 Å². The highest BCUT2D eigenvalue weighted by Gasteiger charge is 2.28. The molecule has 0 N–H and O–H groups in total. The van der Waals surface area contributed by atoms with Crippen LogP contribution < -0.4 is 18.9 Å². The number of carbonyl (C=O) groups is 2. The second-order valence-corrected chi connectivity index (χ2v) is 8.11. The molecule has 4 aromatic rings. The first kappa shape index (κ1) is 23.2. The summed E-state index contributed by atoms with van der Waals surface area (Å²) in [5.74, 6) is 1.79. The standard InChI is InChI=1S/C29H24O7/c1-4-32-19-8-6-18(7-9-19)14-26-28(30)22-12-10-21(16-25(22)36-26)35-29(31)27-17(3)34-24-13-11-20(33-5-2)15-23(24)27/h6-16H,4-5H2,1-3H3/b26-14-. The molecule has 5 rings (SSSR count). The number of ketones is 1. The van der Waals surface area contributed by atoms with Gasteiger partial charge in [0.05, 0.1) is 18.8 Å². The number of esters is 1. The second kappa shape index (κ2) is 9.62. The van der Waals surface area contributed by atoms with Gasteiger partial charge in [-0.25, -0.2) is 4.79 Å². The third kappa shape index (κ3) is 4.43. The van der Waals surface area contributed by atoms with Gasteiger partial charge in [0.1, 0.15) is 39.9 Å². The number of rotatable bonds is 7. The monoisotopic (exact) mass is 484 g/mol. The molecule has 182 valence electrons. The van der Waals surface area contributed by atoms with Crippen LogP contribution in [0.1, 0.15) is 45.9 Å². The molecule has 0 saturated heterocycles. The van der Waals surface area contributed by atoms with Crippen LogP contribution in [0.15, 0.2) is 70.8 Å². The smallest absolute Gasteiger partial charge is 0.347 e. The number of fused-ring (bicyclic) bond motifs is 2. The summed E-state index contributed by atoms with van der Waals surface area (Å²) in [5.41, 5.74) is 2.09. The number of allylic oxidation sites excluding steroid dienone is 1. The first-order chi connectivity index (χ1) is 17.5. The molecular formula is C29H24O7. The van der Waals surface area contributed by atoms with Crippen molar-refractivity contribution in [3.63, 3.8) is 0 Å². The lowest BCUT2D eigenvalue weighted by atomic mass is 10.1. The first-order valence-corrected chi connectivity index (χ1v) is 11.7. The molecule has 0 amide bonds. The van der Waals surface area contributed by atoms with Crippen molar-refractivity contribution >= 4 is 28.8 Å². The van der Waals surface area contributed by atoms with E-state index in [1.807, 2.05) is 38.1 Å². The van der Waals surface area contributed by atoms with Crippen molar-refractivity contribution in [1.29, 1.82) is 0 Å². The zero-order chi connectivity index (χ0) is 25.2. The largest absolute Gasteiger partial charge is 0.494 e. The van der Waals surface area contributed by atoms with E-state index in [1.165, 1.54) is 6.07 Å². The van der Waals surface area contributed by atoms with E-state index in [0.29, 0.717) is 52.6 Å². The highest BCUT2D eigenvalue weighted by atomic mass is 16.5. The predicted octanol–water partition coefficient (Wildman–Crippen LogP) is 6.37. The molecule has 0 unspecified atom stereocenters.